The van der Waals surface area contributed by atoms with Crippen molar-refractivity contribution in [3.05, 3.63) is 72.1 Å². The zero-order valence-electron chi connectivity index (χ0n) is 16.6. The lowest BCUT2D eigenvalue weighted by molar-refractivity contribution is 0.415. The van der Waals surface area contributed by atoms with Gasteiger partial charge in [-0.25, -0.2) is 13.1 Å². The van der Waals surface area contributed by atoms with Gasteiger partial charge in [-0.05, 0) is 36.8 Å². The number of benzene rings is 2. The number of fused-ring (bicyclic) bond motifs is 1. The predicted octanol–water partition coefficient (Wildman–Crippen LogP) is 3.21. The normalized spacial score (nSPS) is 12.3. The van der Waals surface area contributed by atoms with Crippen molar-refractivity contribution in [3.8, 4) is 5.75 Å². The van der Waals surface area contributed by atoms with Gasteiger partial charge >= 0.3 is 0 Å². The van der Waals surface area contributed by atoms with Gasteiger partial charge in [0.1, 0.15) is 5.75 Å². The van der Waals surface area contributed by atoms with Crippen molar-refractivity contribution >= 4 is 26.9 Å². The van der Waals surface area contributed by atoms with E-state index in [1.807, 2.05) is 37.3 Å². The molecule has 7 heteroatoms. The molecule has 0 spiro atoms. The van der Waals surface area contributed by atoms with E-state index in [1.165, 1.54) is 0 Å². The van der Waals surface area contributed by atoms with Crippen LogP contribution in [-0.4, -0.2) is 40.1 Å². The molecule has 0 saturated heterocycles. The van der Waals surface area contributed by atoms with E-state index in [9.17, 15) is 8.42 Å². The molecular formula is C22H25N3O3S. The summed E-state index contributed by atoms with van der Waals surface area (Å²) in [6.45, 7) is 3.54. The fourth-order valence-electron chi connectivity index (χ4n) is 3.00. The second-order valence-electron chi connectivity index (χ2n) is 6.69. The Balaban J connectivity index is 1.51. The molecule has 2 aromatic carbocycles. The summed E-state index contributed by atoms with van der Waals surface area (Å²) in [6.07, 6.45) is 5.34. The Bertz CT molecular complexity index is 1090. The second-order valence-corrected chi connectivity index (χ2v) is 8.43. The van der Waals surface area contributed by atoms with Crippen molar-refractivity contribution in [1.82, 2.24) is 15.0 Å². The molecule has 1 aromatic heterocycles. The largest absolute Gasteiger partial charge is 0.497 e. The van der Waals surface area contributed by atoms with Crippen LogP contribution in [0.25, 0.3) is 16.8 Å². The second kappa shape index (κ2) is 9.65. The first-order chi connectivity index (χ1) is 14.0. The van der Waals surface area contributed by atoms with Crippen molar-refractivity contribution in [1.29, 1.82) is 0 Å². The van der Waals surface area contributed by atoms with E-state index in [0.717, 1.165) is 22.3 Å². The number of pyridine rings is 1. The number of ether oxygens (including phenoxy) is 1. The number of rotatable bonds is 9. The van der Waals surface area contributed by atoms with Gasteiger partial charge in [0.2, 0.25) is 10.0 Å². The zero-order valence-corrected chi connectivity index (χ0v) is 17.4. The van der Waals surface area contributed by atoms with Gasteiger partial charge in [0, 0.05) is 42.8 Å². The van der Waals surface area contributed by atoms with Crippen LogP contribution in [-0.2, 0) is 10.0 Å². The van der Waals surface area contributed by atoms with Crippen LogP contribution in [0.15, 0.2) is 71.4 Å². The summed E-state index contributed by atoms with van der Waals surface area (Å²) < 4.78 is 33.1. The molecule has 29 heavy (non-hydrogen) atoms. The summed E-state index contributed by atoms with van der Waals surface area (Å²) in [4.78, 5) is 4.31. The molecule has 1 heterocycles. The maximum atomic E-state index is 12.7. The van der Waals surface area contributed by atoms with Crippen LogP contribution in [0.5, 0.6) is 5.75 Å². The molecule has 0 aliphatic heterocycles. The molecule has 2 N–H and O–H groups in total. The Hall–Kier alpha value is -2.74. The van der Waals surface area contributed by atoms with Gasteiger partial charge in [-0.15, -0.1) is 0 Å². The van der Waals surface area contributed by atoms with Crippen molar-refractivity contribution in [2.45, 2.75) is 11.8 Å². The smallest absolute Gasteiger partial charge is 0.241 e. The Kier molecular flexibility index (Phi) is 6.98. The van der Waals surface area contributed by atoms with E-state index in [0.29, 0.717) is 25.0 Å². The Morgan fingerprint density at radius 2 is 1.90 bits per heavy atom. The molecule has 0 atom stereocenters. The summed E-state index contributed by atoms with van der Waals surface area (Å²) in [5.74, 6) is 0.827. The van der Waals surface area contributed by atoms with Crippen molar-refractivity contribution in [2.75, 3.05) is 26.7 Å². The van der Waals surface area contributed by atoms with Gasteiger partial charge in [-0.3, -0.25) is 4.98 Å². The maximum absolute atomic E-state index is 12.7. The summed E-state index contributed by atoms with van der Waals surface area (Å²) in [6, 6.07) is 14.7. The number of nitrogens with zero attached hydrogens (tertiary/aromatic N) is 1. The molecule has 0 fully saturated rings. The molecule has 0 amide bonds. The molecule has 0 aliphatic rings. The quantitative estimate of drug-likeness (QED) is 0.529. The molecule has 0 bridgehead atoms. The van der Waals surface area contributed by atoms with Crippen LogP contribution in [0.4, 0.5) is 0 Å². The Labute approximate surface area is 171 Å². The third-order valence-corrected chi connectivity index (χ3v) is 5.98. The molecule has 6 nitrogen and oxygen atoms in total. The fraction of sp³-hybridized carbons (Fsp3) is 0.227. The highest BCUT2D eigenvalue weighted by Crippen LogP contribution is 2.21. The molecule has 152 valence electrons. The van der Waals surface area contributed by atoms with E-state index in [1.54, 1.807) is 37.7 Å². The van der Waals surface area contributed by atoms with E-state index in [4.69, 9.17) is 4.74 Å². The minimum Gasteiger partial charge on any atom is -0.497 e. The molecule has 0 unspecified atom stereocenters. The first-order valence-corrected chi connectivity index (χ1v) is 10.8. The van der Waals surface area contributed by atoms with Crippen molar-refractivity contribution in [2.24, 2.45) is 0 Å². The SMILES string of the molecule is COc1ccc(C=C(C)CNCCNS(=O)(=O)c2cccc3cnccc23)cc1. The molecule has 0 aliphatic carbocycles. The fourth-order valence-corrected chi connectivity index (χ4v) is 4.26. The lowest BCUT2D eigenvalue weighted by atomic mass is 10.1. The number of aromatic nitrogens is 1. The van der Waals surface area contributed by atoms with Crippen LogP contribution in [0, 0.1) is 0 Å². The molecular weight excluding hydrogens is 386 g/mol. The van der Waals surface area contributed by atoms with Crippen LogP contribution in [0.3, 0.4) is 0 Å². The van der Waals surface area contributed by atoms with Gasteiger partial charge in [-0.2, -0.15) is 0 Å². The van der Waals surface area contributed by atoms with Gasteiger partial charge in [0.15, 0.2) is 0 Å². The number of nitrogens with one attached hydrogen (secondary N) is 2. The number of sulfonamides is 1. The number of methoxy groups -OCH3 is 1. The van der Waals surface area contributed by atoms with Crippen LogP contribution in [0.1, 0.15) is 12.5 Å². The van der Waals surface area contributed by atoms with Gasteiger partial charge in [0.05, 0.1) is 12.0 Å². The summed E-state index contributed by atoms with van der Waals surface area (Å²) in [7, 11) is -1.94. The highest BCUT2D eigenvalue weighted by molar-refractivity contribution is 7.89. The maximum Gasteiger partial charge on any atom is 0.241 e. The minimum absolute atomic E-state index is 0.271. The highest BCUT2D eigenvalue weighted by atomic mass is 32.2. The third kappa shape index (κ3) is 5.63. The van der Waals surface area contributed by atoms with E-state index in [-0.39, 0.29) is 4.90 Å². The Morgan fingerprint density at radius 1 is 1.10 bits per heavy atom. The lowest BCUT2D eigenvalue weighted by Crippen LogP contribution is -2.32. The molecule has 0 radical (unpaired) electrons. The van der Waals surface area contributed by atoms with Crippen LogP contribution < -0.4 is 14.8 Å². The van der Waals surface area contributed by atoms with Crippen LogP contribution >= 0.6 is 0 Å². The standard InChI is InChI=1S/C22H25N3O3S/c1-17(14-18-6-8-20(28-2)9-7-18)15-24-12-13-25-29(26,27)22-5-3-4-19-16-23-11-10-21(19)22/h3-11,14,16,24-25H,12-13,15H2,1-2H3. The molecule has 0 saturated carbocycles. The average molecular weight is 412 g/mol. The lowest BCUT2D eigenvalue weighted by Gasteiger charge is -2.10. The van der Waals surface area contributed by atoms with Gasteiger partial charge < -0.3 is 10.1 Å². The Morgan fingerprint density at radius 3 is 2.66 bits per heavy atom. The van der Waals surface area contributed by atoms with Crippen molar-refractivity contribution in [3.63, 3.8) is 0 Å². The van der Waals surface area contributed by atoms with E-state index in [2.05, 4.69) is 21.1 Å². The summed E-state index contributed by atoms with van der Waals surface area (Å²) in [5, 5.41) is 4.73. The highest BCUT2D eigenvalue weighted by Gasteiger charge is 2.16. The van der Waals surface area contributed by atoms with Crippen LogP contribution in [0.2, 0.25) is 0 Å². The number of hydrogen-bond donors (Lipinski definition) is 2. The first-order valence-electron chi connectivity index (χ1n) is 9.34. The number of hydrogen-bond acceptors (Lipinski definition) is 5. The summed E-state index contributed by atoms with van der Waals surface area (Å²) >= 11 is 0. The van der Waals surface area contributed by atoms with Gasteiger partial charge in [0.25, 0.3) is 0 Å². The molecule has 3 aromatic rings. The topological polar surface area (TPSA) is 80.3 Å². The third-order valence-electron chi connectivity index (χ3n) is 4.46. The zero-order chi connectivity index (χ0) is 20.7. The first kappa shape index (κ1) is 21.0. The molecule has 3 rings (SSSR count). The van der Waals surface area contributed by atoms with E-state index >= 15 is 0 Å². The average Bonchev–Trinajstić information content (AvgIpc) is 2.73. The van der Waals surface area contributed by atoms with Crippen molar-refractivity contribution < 1.29 is 13.2 Å². The predicted molar refractivity (Wildman–Crippen MR) is 116 cm³/mol. The summed E-state index contributed by atoms with van der Waals surface area (Å²) in [5.41, 5.74) is 2.25. The minimum atomic E-state index is -3.59. The van der Waals surface area contributed by atoms with E-state index < -0.39 is 10.0 Å². The van der Waals surface area contributed by atoms with Gasteiger partial charge in [-0.1, -0.05) is 35.9 Å². The monoisotopic (exact) mass is 411 g/mol.